The smallest absolute Gasteiger partial charge is 0.346 e. The summed E-state index contributed by atoms with van der Waals surface area (Å²) in [6.45, 7) is 2.88. The fourth-order valence-corrected chi connectivity index (χ4v) is 2.82. The second-order valence-electron chi connectivity index (χ2n) is 4.51. The van der Waals surface area contributed by atoms with E-state index in [0.29, 0.717) is 6.42 Å². The zero-order chi connectivity index (χ0) is 16.4. The number of aromatic nitrogens is 1. The van der Waals surface area contributed by atoms with Crippen LogP contribution >= 0.6 is 11.3 Å². The highest BCUT2D eigenvalue weighted by Crippen LogP contribution is 2.32. The number of nitrogens with zero attached hydrogens (tertiary/aromatic N) is 1. The molecule has 0 aliphatic rings. The summed E-state index contributed by atoms with van der Waals surface area (Å²) in [5.41, 5.74) is -1.02. The van der Waals surface area contributed by atoms with Crippen LogP contribution in [0.3, 0.4) is 0 Å². The molecule has 1 amide bonds. The predicted molar refractivity (Wildman–Crippen MR) is 72.6 cm³/mol. The number of rotatable bonds is 5. The van der Waals surface area contributed by atoms with Gasteiger partial charge in [-0.15, -0.1) is 11.3 Å². The fraction of sp³-hybridized carbons (Fsp3) is 0.636. The van der Waals surface area contributed by atoms with Gasteiger partial charge in [0, 0.05) is 11.6 Å². The first-order valence-electron chi connectivity index (χ1n) is 5.98. The monoisotopic (exact) mass is 344 g/mol. The maximum atomic E-state index is 12.5. The minimum absolute atomic E-state index is 0.0962. The number of hydrogen-bond acceptors (Lipinski definition) is 5. The maximum absolute atomic E-state index is 12.5. The van der Waals surface area contributed by atoms with Crippen LogP contribution in [0.5, 0.6) is 0 Å². The molecule has 1 N–H and O–H groups in total. The van der Waals surface area contributed by atoms with Crippen LogP contribution < -0.4 is 5.32 Å². The van der Waals surface area contributed by atoms with Gasteiger partial charge in [0.15, 0.2) is 15.5 Å². The minimum atomic E-state index is -4.54. The van der Waals surface area contributed by atoms with Crippen molar-refractivity contribution in [2.45, 2.75) is 37.7 Å². The largest absolute Gasteiger partial charge is 0.434 e. The van der Waals surface area contributed by atoms with Crippen molar-refractivity contribution in [3.8, 4) is 0 Å². The Kier molecular flexibility index (Phi) is 5.37. The van der Waals surface area contributed by atoms with Gasteiger partial charge in [0.1, 0.15) is 10.3 Å². The summed E-state index contributed by atoms with van der Waals surface area (Å²) >= 11 is 0.775. The van der Waals surface area contributed by atoms with E-state index in [4.69, 9.17) is 0 Å². The SMILES string of the molecule is CC[C@@H](NC(=O)[C@@H](C)S(C)(=O)=O)c1nc(C(F)(F)F)cs1. The number of sulfone groups is 1. The van der Waals surface area contributed by atoms with Gasteiger partial charge in [0.2, 0.25) is 5.91 Å². The highest BCUT2D eigenvalue weighted by molar-refractivity contribution is 7.92. The molecule has 0 aromatic carbocycles. The third-order valence-corrected chi connectivity index (χ3v) is 5.30. The zero-order valence-corrected chi connectivity index (χ0v) is 13.2. The molecule has 0 unspecified atom stereocenters. The van der Waals surface area contributed by atoms with Crippen LogP contribution in [0.4, 0.5) is 13.2 Å². The molecule has 1 aromatic heterocycles. The van der Waals surface area contributed by atoms with E-state index in [1.807, 2.05) is 0 Å². The van der Waals surface area contributed by atoms with Crippen molar-refractivity contribution < 1.29 is 26.4 Å². The summed E-state index contributed by atoms with van der Waals surface area (Å²) in [6.07, 6.45) is -3.33. The van der Waals surface area contributed by atoms with E-state index in [0.717, 1.165) is 23.0 Å². The van der Waals surface area contributed by atoms with Gasteiger partial charge in [-0.25, -0.2) is 13.4 Å². The quantitative estimate of drug-likeness (QED) is 0.888. The third-order valence-electron chi connectivity index (χ3n) is 2.85. The van der Waals surface area contributed by atoms with Crippen molar-refractivity contribution in [1.29, 1.82) is 0 Å². The number of amides is 1. The average molecular weight is 344 g/mol. The molecule has 0 saturated heterocycles. The molecule has 1 heterocycles. The Morgan fingerprint density at radius 2 is 2.05 bits per heavy atom. The number of hydrogen-bond donors (Lipinski definition) is 1. The first-order valence-corrected chi connectivity index (χ1v) is 8.82. The molecule has 120 valence electrons. The molecule has 21 heavy (non-hydrogen) atoms. The lowest BCUT2D eigenvalue weighted by molar-refractivity contribution is -0.140. The molecule has 5 nitrogen and oxygen atoms in total. The summed E-state index contributed by atoms with van der Waals surface area (Å²) in [6, 6.07) is -0.747. The number of thiazole rings is 1. The molecule has 1 rings (SSSR count). The second kappa shape index (κ2) is 6.30. The first kappa shape index (κ1) is 17.9. The van der Waals surface area contributed by atoms with Gasteiger partial charge in [0.05, 0.1) is 6.04 Å². The molecular formula is C11H15F3N2O3S2. The summed E-state index contributed by atoms with van der Waals surface area (Å²) in [4.78, 5) is 15.3. The lowest BCUT2D eigenvalue weighted by Crippen LogP contribution is -2.39. The summed E-state index contributed by atoms with van der Waals surface area (Å²) in [5.74, 6) is -0.756. The minimum Gasteiger partial charge on any atom is -0.346 e. The lowest BCUT2D eigenvalue weighted by Gasteiger charge is -2.17. The average Bonchev–Trinajstić information content (AvgIpc) is 2.82. The fourth-order valence-electron chi connectivity index (χ4n) is 1.40. The van der Waals surface area contributed by atoms with Gasteiger partial charge < -0.3 is 5.32 Å². The molecule has 0 aliphatic carbocycles. The van der Waals surface area contributed by atoms with E-state index in [9.17, 15) is 26.4 Å². The summed E-state index contributed by atoms with van der Waals surface area (Å²) < 4.78 is 60.1. The summed E-state index contributed by atoms with van der Waals surface area (Å²) in [7, 11) is -3.57. The molecule has 0 saturated carbocycles. The van der Waals surface area contributed by atoms with Gasteiger partial charge in [-0.1, -0.05) is 6.92 Å². The second-order valence-corrected chi connectivity index (χ2v) is 7.77. The maximum Gasteiger partial charge on any atom is 0.434 e. The Morgan fingerprint density at radius 1 is 1.48 bits per heavy atom. The number of nitrogens with one attached hydrogen (secondary N) is 1. The molecule has 0 radical (unpaired) electrons. The van der Waals surface area contributed by atoms with Crippen molar-refractivity contribution in [3.05, 3.63) is 16.1 Å². The Balaban J connectivity index is 2.90. The van der Waals surface area contributed by atoms with E-state index in [1.165, 1.54) is 6.92 Å². The Hall–Kier alpha value is -1.16. The van der Waals surface area contributed by atoms with Gasteiger partial charge in [-0.3, -0.25) is 4.79 Å². The van der Waals surface area contributed by atoms with Crippen LogP contribution in [0.15, 0.2) is 5.38 Å². The van der Waals surface area contributed by atoms with E-state index in [1.54, 1.807) is 6.92 Å². The predicted octanol–water partition coefficient (Wildman–Crippen LogP) is 2.16. The normalized spacial score (nSPS) is 15.5. The standard InChI is InChI=1S/C11H15F3N2O3S2/c1-4-7(15-9(17)6(2)21(3,18)19)10-16-8(5-20-10)11(12,13)14/h5-7H,4H2,1-3H3,(H,15,17)/t6-,7-/m1/s1. The van der Waals surface area contributed by atoms with Gasteiger partial charge in [-0.2, -0.15) is 13.2 Å². The lowest BCUT2D eigenvalue weighted by atomic mass is 10.2. The van der Waals surface area contributed by atoms with E-state index < -0.39 is 38.9 Å². The van der Waals surface area contributed by atoms with Crippen LogP contribution in [0.1, 0.15) is 37.0 Å². The number of carbonyl (C=O) groups is 1. The van der Waals surface area contributed by atoms with Crippen molar-refractivity contribution >= 4 is 27.1 Å². The van der Waals surface area contributed by atoms with Gasteiger partial charge in [0.25, 0.3) is 0 Å². The number of carbonyl (C=O) groups excluding carboxylic acids is 1. The Labute approximate surface area is 124 Å². The topological polar surface area (TPSA) is 76.1 Å². The van der Waals surface area contributed by atoms with E-state index in [2.05, 4.69) is 10.3 Å². The molecule has 1 aromatic rings. The Bertz CT molecular complexity index is 610. The zero-order valence-electron chi connectivity index (χ0n) is 11.6. The van der Waals surface area contributed by atoms with Crippen molar-refractivity contribution in [3.63, 3.8) is 0 Å². The molecule has 0 aliphatic heterocycles. The highest BCUT2D eigenvalue weighted by Gasteiger charge is 2.35. The molecule has 0 bridgehead atoms. The Morgan fingerprint density at radius 3 is 2.43 bits per heavy atom. The van der Waals surface area contributed by atoms with E-state index in [-0.39, 0.29) is 5.01 Å². The molecule has 0 fully saturated rings. The van der Waals surface area contributed by atoms with Crippen molar-refractivity contribution in [2.24, 2.45) is 0 Å². The van der Waals surface area contributed by atoms with Gasteiger partial charge in [-0.05, 0) is 13.3 Å². The molecule has 10 heteroatoms. The number of halogens is 3. The molecule has 0 spiro atoms. The van der Waals surface area contributed by atoms with E-state index >= 15 is 0 Å². The van der Waals surface area contributed by atoms with Gasteiger partial charge >= 0.3 is 6.18 Å². The van der Waals surface area contributed by atoms with Crippen LogP contribution in [0.25, 0.3) is 0 Å². The molecule has 2 atom stereocenters. The van der Waals surface area contributed by atoms with Crippen LogP contribution in [0, 0.1) is 0 Å². The van der Waals surface area contributed by atoms with Crippen LogP contribution in [-0.2, 0) is 20.8 Å². The highest BCUT2D eigenvalue weighted by atomic mass is 32.2. The van der Waals surface area contributed by atoms with Crippen LogP contribution in [-0.4, -0.2) is 30.8 Å². The third kappa shape index (κ3) is 4.67. The van der Waals surface area contributed by atoms with Crippen molar-refractivity contribution in [1.82, 2.24) is 10.3 Å². The number of alkyl halides is 3. The first-order chi connectivity index (χ1) is 9.46. The molecular weight excluding hydrogens is 329 g/mol. The summed E-state index contributed by atoms with van der Waals surface area (Å²) in [5, 5.41) is 2.11. The van der Waals surface area contributed by atoms with Crippen LogP contribution in [0.2, 0.25) is 0 Å². The van der Waals surface area contributed by atoms with Crippen molar-refractivity contribution in [2.75, 3.05) is 6.26 Å².